The molecule has 0 aliphatic heterocycles. The van der Waals surface area contributed by atoms with Gasteiger partial charge < -0.3 is 5.32 Å². The summed E-state index contributed by atoms with van der Waals surface area (Å²) in [6, 6.07) is 10.3. The summed E-state index contributed by atoms with van der Waals surface area (Å²) >= 11 is 0. The Bertz CT molecular complexity index is 1580. The summed E-state index contributed by atoms with van der Waals surface area (Å²) < 4.78 is 18.6. The lowest BCUT2D eigenvalue weighted by atomic mass is 10.1. The third-order valence-electron chi connectivity index (χ3n) is 5.47. The maximum atomic E-state index is 13.0. The molecule has 3 aromatic rings. The van der Waals surface area contributed by atoms with Crippen LogP contribution in [0.5, 0.6) is 0 Å². The third kappa shape index (κ3) is 6.03. The molecule has 1 aromatic carbocycles. The van der Waals surface area contributed by atoms with Gasteiger partial charge in [-0.3, -0.25) is 19.3 Å². The highest BCUT2D eigenvalue weighted by Gasteiger charge is 2.19. The van der Waals surface area contributed by atoms with Crippen LogP contribution in [0.4, 0.5) is 5.82 Å². The molecule has 1 aliphatic rings. The molecule has 0 radical (unpaired) electrons. The van der Waals surface area contributed by atoms with Crippen LogP contribution in [0.1, 0.15) is 44.0 Å². The lowest BCUT2D eigenvalue weighted by molar-refractivity contribution is 0.100. The number of hydrogen-bond acceptors (Lipinski definition) is 5. The largest absolute Gasteiger partial charge is 0.307 e. The number of hydrogen-bond donors (Lipinski definition) is 1. The van der Waals surface area contributed by atoms with Crippen molar-refractivity contribution in [3.8, 4) is 11.8 Å². The molecular weight excluding hydrogens is 474 g/mol. The number of allylic oxidation sites excluding steroid dienone is 3. The Balaban J connectivity index is 1.51. The molecule has 1 unspecified atom stereocenters. The molecule has 0 saturated heterocycles. The molecule has 2 heterocycles. The van der Waals surface area contributed by atoms with Gasteiger partial charge in [-0.2, -0.15) is 9.46 Å². The lowest BCUT2D eigenvalue weighted by Gasteiger charge is -2.14. The Hall–Kier alpha value is -4.29. The number of carbonyl (C=O) groups is 2. The first kappa shape index (κ1) is 24.8. The van der Waals surface area contributed by atoms with E-state index in [-0.39, 0.29) is 16.7 Å². The van der Waals surface area contributed by atoms with Crippen LogP contribution in [0.25, 0.3) is 0 Å². The van der Waals surface area contributed by atoms with Crippen LogP contribution in [-0.2, 0) is 16.8 Å². The average molecular weight is 500 g/mol. The molecule has 4 rings (SSSR count). The summed E-state index contributed by atoms with van der Waals surface area (Å²) in [5, 5.41) is 6.75. The average Bonchev–Trinajstić information content (AvgIpc) is 3.19. The fourth-order valence-electron chi connectivity index (χ4n) is 3.59. The maximum absolute atomic E-state index is 13.0. The molecule has 0 bridgehead atoms. The monoisotopic (exact) mass is 499 g/mol. The first-order valence-electron chi connectivity index (χ1n) is 11.2. The van der Waals surface area contributed by atoms with Gasteiger partial charge in [-0.25, -0.2) is 4.21 Å². The number of nitrogens with zero attached hydrogens (tertiary/aromatic N) is 4. The van der Waals surface area contributed by atoms with Crippen molar-refractivity contribution in [2.45, 2.75) is 18.6 Å². The second kappa shape index (κ2) is 10.5. The van der Waals surface area contributed by atoms with E-state index in [0.29, 0.717) is 28.9 Å². The van der Waals surface area contributed by atoms with Gasteiger partial charge >= 0.3 is 0 Å². The molecule has 2 amide bonds. The fraction of sp³-hybridized carbons (Fsp3) is 0.185. The number of rotatable bonds is 4. The number of amides is 2. The van der Waals surface area contributed by atoms with Crippen molar-refractivity contribution in [2.24, 2.45) is 11.4 Å². The van der Waals surface area contributed by atoms with Crippen molar-refractivity contribution in [3.05, 3.63) is 101 Å². The normalized spacial score (nSPS) is 15.9. The SMILES string of the molecule is Cc1cc(NC(=O)c2cccc(C#Cc3cncc(C(=O)N=[S@@](C)(=O)C4C=CC=CC4)c3)c2)n(C)n1. The highest BCUT2D eigenvalue weighted by atomic mass is 32.2. The molecule has 0 fully saturated rings. The number of benzene rings is 1. The minimum absolute atomic E-state index is 0.214. The first-order valence-corrected chi connectivity index (χ1v) is 13.2. The Kier molecular flexibility index (Phi) is 7.27. The molecule has 1 aliphatic carbocycles. The lowest BCUT2D eigenvalue weighted by Crippen LogP contribution is -2.19. The molecule has 182 valence electrons. The van der Waals surface area contributed by atoms with E-state index < -0.39 is 15.6 Å². The van der Waals surface area contributed by atoms with E-state index in [9.17, 15) is 13.8 Å². The van der Waals surface area contributed by atoms with Gasteiger partial charge in [-0.05, 0) is 37.6 Å². The molecule has 9 heteroatoms. The Morgan fingerprint density at radius 1 is 1.11 bits per heavy atom. The van der Waals surface area contributed by atoms with Crippen molar-refractivity contribution in [3.63, 3.8) is 0 Å². The van der Waals surface area contributed by atoms with Crippen LogP contribution < -0.4 is 5.32 Å². The Labute approximate surface area is 210 Å². The van der Waals surface area contributed by atoms with Crippen molar-refractivity contribution < 1.29 is 13.8 Å². The van der Waals surface area contributed by atoms with Crippen LogP contribution in [0.2, 0.25) is 0 Å². The number of carbonyl (C=O) groups excluding carboxylic acids is 2. The highest BCUT2D eigenvalue weighted by molar-refractivity contribution is 7.94. The molecule has 2 atom stereocenters. The van der Waals surface area contributed by atoms with Gasteiger partial charge in [0.05, 0.1) is 26.2 Å². The van der Waals surface area contributed by atoms with E-state index in [1.807, 2.05) is 31.2 Å². The number of nitrogens with one attached hydrogen (secondary N) is 1. The fourth-order valence-corrected chi connectivity index (χ4v) is 5.01. The van der Waals surface area contributed by atoms with E-state index in [1.54, 1.807) is 48.1 Å². The quantitative estimate of drug-likeness (QED) is 0.548. The number of pyridine rings is 1. The van der Waals surface area contributed by atoms with Crippen molar-refractivity contribution in [1.29, 1.82) is 0 Å². The Morgan fingerprint density at radius 2 is 1.89 bits per heavy atom. The standard InChI is InChI=1S/C27H25N5O3S/c1-19-14-25(32(2)30-19)29-26(33)22-9-7-8-20(15-22)12-13-21-16-23(18-28-17-21)27(34)31-36(3,35)24-10-5-4-6-11-24/h4-10,14-18,24H,11H2,1-3H3,(H,29,33)/t24?,36-/m0/s1. The van der Waals surface area contributed by atoms with Gasteiger partial charge in [0.2, 0.25) is 0 Å². The predicted octanol–water partition coefficient (Wildman–Crippen LogP) is 3.90. The summed E-state index contributed by atoms with van der Waals surface area (Å²) in [6.07, 6.45) is 12.4. The number of aromatic nitrogens is 3. The third-order valence-corrected chi connectivity index (χ3v) is 7.47. The van der Waals surface area contributed by atoms with Gasteiger partial charge in [0.25, 0.3) is 11.8 Å². The first-order chi connectivity index (χ1) is 17.2. The molecule has 8 nitrogen and oxygen atoms in total. The zero-order valence-electron chi connectivity index (χ0n) is 20.1. The van der Waals surface area contributed by atoms with Crippen molar-refractivity contribution in [1.82, 2.24) is 14.8 Å². The molecule has 36 heavy (non-hydrogen) atoms. The van der Waals surface area contributed by atoms with Gasteiger partial charge in [-0.1, -0.05) is 42.2 Å². The van der Waals surface area contributed by atoms with Crippen LogP contribution >= 0.6 is 0 Å². The van der Waals surface area contributed by atoms with Gasteiger partial charge in [0.15, 0.2) is 0 Å². The summed E-state index contributed by atoms with van der Waals surface area (Å²) in [4.78, 5) is 29.4. The summed E-state index contributed by atoms with van der Waals surface area (Å²) in [5.74, 6) is 5.70. The van der Waals surface area contributed by atoms with Gasteiger partial charge in [0.1, 0.15) is 5.82 Å². The molecular formula is C27H25N5O3S. The second-order valence-corrected chi connectivity index (χ2v) is 10.9. The maximum Gasteiger partial charge on any atom is 0.286 e. The van der Waals surface area contributed by atoms with Crippen LogP contribution in [-0.4, -0.2) is 42.3 Å². The van der Waals surface area contributed by atoms with Crippen molar-refractivity contribution >= 4 is 27.4 Å². The summed E-state index contributed by atoms with van der Waals surface area (Å²) in [7, 11) is -0.998. The van der Waals surface area contributed by atoms with Crippen LogP contribution in [0, 0.1) is 18.8 Å². The predicted molar refractivity (Wildman–Crippen MR) is 140 cm³/mol. The molecule has 0 saturated carbocycles. The smallest absolute Gasteiger partial charge is 0.286 e. The van der Waals surface area contributed by atoms with E-state index in [2.05, 4.69) is 31.6 Å². The van der Waals surface area contributed by atoms with Crippen LogP contribution in [0.15, 0.2) is 77.5 Å². The topological polar surface area (TPSA) is 106 Å². The molecule has 0 spiro atoms. The van der Waals surface area contributed by atoms with Gasteiger partial charge in [0, 0.05) is 48.5 Å². The van der Waals surface area contributed by atoms with Gasteiger partial charge in [-0.15, -0.1) is 0 Å². The minimum atomic E-state index is -2.76. The van der Waals surface area contributed by atoms with Crippen LogP contribution in [0.3, 0.4) is 0 Å². The summed E-state index contributed by atoms with van der Waals surface area (Å²) in [6.45, 7) is 1.85. The summed E-state index contributed by atoms with van der Waals surface area (Å²) in [5.41, 5.74) is 2.59. The molecule has 1 N–H and O–H groups in total. The van der Waals surface area contributed by atoms with E-state index in [0.717, 1.165) is 5.69 Å². The second-order valence-electron chi connectivity index (χ2n) is 8.39. The van der Waals surface area contributed by atoms with E-state index in [1.165, 1.54) is 18.6 Å². The molecule has 2 aromatic heterocycles. The Morgan fingerprint density at radius 3 is 2.61 bits per heavy atom. The van der Waals surface area contributed by atoms with Crippen molar-refractivity contribution in [2.75, 3.05) is 11.6 Å². The van der Waals surface area contributed by atoms with E-state index in [4.69, 9.17) is 0 Å². The number of aryl methyl sites for hydroxylation is 2. The number of anilines is 1. The minimum Gasteiger partial charge on any atom is -0.307 e. The zero-order chi connectivity index (χ0) is 25.7. The highest BCUT2D eigenvalue weighted by Crippen LogP contribution is 2.16. The zero-order valence-corrected chi connectivity index (χ0v) is 21.0. The van der Waals surface area contributed by atoms with E-state index >= 15 is 0 Å².